The van der Waals surface area contributed by atoms with E-state index in [0.717, 1.165) is 31.8 Å². The van der Waals surface area contributed by atoms with Crippen molar-refractivity contribution in [3.05, 3.63) is 30.0 Å². The molecule has 1 fully saturated rings. The van der Waals surface area contributed by atoms with E-state index in [-0.39, 0.29) is 0 Å². The predicted octanol–water partition coefficient (Wildman–Crippen LogP) is 2.75. The van der Waals surface area contributed by atoms with Crippen molar-refractivity contribution in [1.29, 1.82) is 0 Å². The van der Waals surface area contributed by atoms with E-state index < -0.39 is 0 Å². The molecule has 0 atom stereocenters. The summed E-state index contributed by atoms with van der Waals surface area (Å²) in [7, 11) is 1.73. The Morgan fingerprint density at radius 3 is 2.83 bits per heavy atom. The molecule has 1 N–H and O–H groups in total. The van der Waals surface area contributed by atoms with Crippen LogP contribution in [0, 0.1) is 0 Å². The van der Waals surface area contributed by atoms with Crippen molar-refractivity contribution in [2.24, 2.45) is 0 Å². The third kappa shape index (κ3) is 1.79. The monoisotopic (exact) mass is 244 g/mol. The summed E-state index contributed by atoms with van der Waals surface area (Å²) in [6.45, 7) is 5.51. The van der Waals surface area contributed by atoms with E-state index in [2.05, 4.69) is 41.2 Å². The van der Waals surface area contributed by atoms with Gasteiger partial charge in [0, 0.05) is 42.7 Å². The summed E-state index contributed by atoms with van der Waals surface area (Å²) in [6.07, 6.45) is 3.50. The third-order valence-corrected chi connectivity index (χ3v) is 3.80. The number of nitrogens with zero attached hydrogens (tertiary/aromatic N) is 1. The van der Waals surface area contributed by atoms with Gasteiger partial charge in [-0.15, -0.1) is 0 Å². The minimum absolute atomic E-state index is 0.665. The zero-order chi connectivity index (χ0) is 12.5. The van der Waals surface area contributed by atoms with Gasteiger partial charge in [-0.1, -0.05) is 6.92 Å². The first-order chi connectivity index (χ1) is 8.83. The molecule has 2 aromatic rings. The first-order valence-electron chi connectivity index (χ1n) is 6.71. The molecule has 18 heavy (non-hydrogen) atoms. The fraction of sp³-hybridized carbons (Fsp3) is 0.467. The summed E-state index contributed by atoms with van der Waals surface area (Å²) in [5.74, 6) is 1.61. The van der Waals surface area contributed by atoms with Crippen LogP contribution in [-0.4, -0.2) is 24.8 Å². The van der Waals surface area contributed by atoms with Crippen molar-refractivity contribution in [3.63, 3.8) is 0 Å². The van der Waals surface area contributed by atoms with Crippen LogP contribution < -0.4 is 10.1 Å². The highest BCUT2D eigenvalue weighted by Crippen LogP contribution is 2.32. The Kier molecular flexibility index (Phi) is 3.00. The molecule has 3 nitrogen and oxygen atoms in total. The molecule has 1 aromatic heterocycles. The summed E-state index contributed by atoms with van der Waals surface area (Å²) >= 11 is 0. The van der Waals surface area contributed by atoms with Gasteiger partial charge in [0.1, 0.15) is 5.75 Å². The molecule has 1 aromatic carbocycles. The van der Waals surface area contributed by atoms with E-state index in [9.17, 15) is 0 Å². The summed E-state index contributed by atoms with van der Waals surface area (Å²) in [5.41, 5.74) is 2.80. The van der Waals surface area contributed by atoms with Crippen LogP contribution in [0.4, 0.5) is 0 Å². The van der Waals surface area contributed by atoms with E-state index in [1.54, 1.807) is 7.11 Å². The number of fused-ring (bicyclic) bond motifs is 1. The van der Waals surface area contributed by atoms with Gasteiger partial charge in [-0.05, 0) is 30.2 Å². The van der Waals surface area contributed by atoms with E-state index in [1.165, 1.54) is 16.5 Å². The van der Waals surface area contributed by atoms with Gasteiger partial charge < -0.3 is 14.6 Å². The topological polar surface area (TPSA) is 26.2 Å². The van der Waals surface area contributed by atoms with Gasteiger partial charge in [0.15, 0.2) is 0 Å². The first-order valence-corrected chi connectivity index (χ1v) is 6.71. The van der Waals surface area contributed by atoms with Crippen LogP contribution in [0.5, 0.6) is 5.75 Å². The Labute approximate surface area is 108 Å². The molecule has 3 heteroatoms. The van der Waals surface area contributed by atoms with Crippen LogP contribution in [0.3, 0.4) is 0 Å². The molecule has 1 saturated heterocycles. The molecule has 0 spiro atoms. The molecule has 0 amide bonds. The van der Waals surface area contributed by atoms with E-state index >= 15 is 0 Å². The molecule has 0 saturated carbocycles. The van der Waals surface area contributed by atoms with E-state index in [4.69, 9.17) is 4.74 Å². The maximum Gasteiger partial charge on any atom is 0.119 e. The fourth-order valence-corrected chi connectivity index (χ4v) is 2.69. The predicted molar refractivity (Wildman–Crippen MR) is 74.4 cm³/mol. The van der Waals surface area contributed by atoms with Crippen LogP contribution >= 0.6 is 0 Å². The molecular weight excluding hydrogens is 224 g/mol. The number of ether oxygens (including phenoxy) is 1. The summed E-state index contributed by atoms with van der Waals surface area (Å²) in [4.78, 5) is 0. The quantitative estimate of drug-likeness (QED) is 0.895. The molecule has 0 aliphatic carbocycles. The Hall–Kier alpha value is -1.48. The number of hydrogen-bond acceptors (Lipinski definition) is 2. The second kappa shape index (κ2) is 4.65. The molecule has 1 aliphatic rings. The van der Waals surface area contributed by atoms with Gasteiger partial charge in [0.25, 0.3) is 0 Å². The molecule has 0 unspecified atom stereocenters. The number of aromatic nitrogens is 1. The van der Waals surface area contributed by atoms with E-state index in [1.807, 2.05) is 0 Å². The van der Waals surface area contributed by atoms with Gasteiger partial charge in [0.2, 0.25) is 0 Å². The molecular formula is C15H20N2O. The van der Waals surface area contributed by atoms with Crippen molar-refractivity contribution in [3.8, 4) is 5.75 Å². The number of benzene rings is 1. The van der Waals surface area contributed by atoms with Crippen molar-refractivity contribution in [2.45, 2.75) is 25.8 Å². The lowest BCUT2D eigenvalue weighted by Gasteiger charge is -2.26. The van der Waals surface area contributed by atoms with Crippen LogP contribution in [-0.2, 0) is 6.54 Å². The standard InChI is InChI=1S/C15H20N2O/c1-3-6-17-10-14(11-8-16-9-11)13-7-12(18-2)4-5-15(13)17/h4-5,7,10-11,16H,3,6,8-9H2,1-2H3. The van der Waals surface area contributed by atoms with Gasteiger partial charge >= 0.3 is 0 Å². The van der Waals surface area contributed by atoms with Gasteiger partial charge in [-0.2, -0.15) is 0 Å². The van der Waals surface area contributed by atoms with Crippen LogP contribution in [0.2, 0.25) is 0 Å². The SMILES string of the molecule is CCCn1cc(C2CNC2)c2cc(OC)ccc21. The van der Waals surface area contributed by atoms with Gasteiger partial charge in [-0.25, -0.2) is 0 Å². The largest absolute Gasteiger partial charge is 0.497 e. The van der Waals surface area contributed by atoms with Gasteiger partial charge in [-0.3, -0.25) is 0 Å². The number of nitrogens with one attached hydrogen (secondary N) is 1. The maximum atomic E-state index is 5.35. The minimum atomic E-state index is 0.665. The molecule has 2 heterocycles. The number of hydrogen-bond donors (Lipinski definition) is 1. The van der Waals surface area contributed by atoms with Crippen molar-refractivity contribution < 1.29 is 4.74 Å². The highest BCUT2D eigenvalue weighted by atomic mass is 16.5. The number of methoxy groups -OCH3 is 1. The highest BCUT2D eigenvalue weighted by molar-refractivity contribution is 5.86. The maximum absolute atomic E-state index is 5.35. The molecule has 96 valence electrons. The number of rotatable bonds is 4. The third-order valence-electron chi connectivity index (χ3n) is 3.80. The van der Waals surface area contributed by atoms with E-state index in [0.29, 0.717) is 5.92 Å². The van der Waals surface area contributed by atoms with Gasteiger partial charge in [0.05, 0.1) is 7.11 Å². The highest BCUT2D eigenvalue weighted by Gasteiger charge is 2.23. The Morgan fingerprint density at radius 1 is 1.39 bits per heavy atom. The first kappa shape index (κ1) is 11.6. The van der Waals surface area contributed by atoms with Crippen molar-refractivity contribution >= 4 is 10.9 Å². The molecule has 3 rings (SSSR count). The summed E-state index contributed by atoms with van der Waals surface area (Å²) in [6, 6.07) is 6.41. The van der Waals surface area contributed by atoms with Crippen LogP contribution in [0.15, 0.2) is 24.4 Å². The van der Waals surface area contributed by atoms with Crippen molar-refractivity contribution in [1.82, 2.24) is 9.88 Å². The van der Waals surface area contributed by atoms with Crippen LogP contribution in [0.1, 0.15) is 24.8 Å². The second-order valence-corrected chi connectivity index (χ2v) is 5.02. The lowest BCUT2D eigenvalue weighted by molar-refractivity contribution is 0.415. The minimum Gasteiger partial charge on any atom is -0.497 e. The zero-order valence-corrected chi connectivity index (χ0v) is 11.1. The molecule has 0 radical (unpaired) electrons. The number of aryl methyl sites for hydroxylation is 1. The zero-order valence-electron chi connectivity index (χ0n) is 11.1. The molecule has 0 bridgehead atoms. The Bertz CT molecular complexity index is 555. The smallest absolute Gasteiger partial charge is 0.119 e. The summed E-state index contributed by atoms with van der Waals surface area (Å²) in [5, 5.41) is 4.71. The molecule has 1 aliphatic heterocycles. The average Bonchev–Trinajstić information content (AvgIpc) is 2.66. The normalized spacial score (nSPS) is 15.9. The summed E-state index contributed by atoms with van der Waals surface area (Å²) < 4.78 is 7.73. The fourth-order valence-electron chi connectivity index (χ4n) is 2.69. The van der Waals surface area contributed by atoms with Crippen molar-refractivity contribution in [2.75, 3.05) is 20.2 Å². The lowest BCUT2D eigenvalue weighted by Crippen LogP contribution is -2.39. The lowest BCUT2D eigenvalue weighted by atomic mass is 9.93. The Morgan fingerprint density at radius 2 is 2.22 bits per heavy atom. The van der Waals surface area contributed by atoms with Crippen LogP contribution in [0.25, 0.3) is 10.9 Å². The second-order valence-electron chi connectivity index (χ2n) is 5.02. The Balaban J connectivity index is 2.13. The average molecular weight is 244 g/mol.